The number of carbonyl (C=O) groups is 2. The Bertz CT molecular complexity index is 826. The highest BCUT2D eigenvalue weighted by atomic mass is 31.2. The molecule has 1 aliphatic rings. The standard InChI is InChI=1S/C18H19N2O5P/c1-3-24-26(23,25-4-2)20(14-10-6-5-7-11-14)19-17(21)15-12-8-9-13-16(15)18(19)22/h5-13H,3-4H2,1-2H3. The predicted molar refractivity (Wildman–Crippen MR) is 96.7 cm³/mol. The van der Waals surface area contributed by atoms with E-state index in [9.17, 15) is 14.2 Å². The van der Waals surface area contributed by atoms with Gasteiger partial charge in [0.15, 0.2) is 0 Å². The van der Waals surface area contributed by atoms with Gasteiger partial charge in [-0.15, -0.1) is 0 Å². The summed E-state index contributed by atoms with van der Waals surface area (Å²) in [6.45, 7) is 3.50. The number of hydrazine groups is 1. The molecule has 136 valence electrons. The van der Waals surface area contributed by atoms with Gasteiger partial charge in [0.25, 0.3) is 11.8 Å². The topological polar surface area (TPSA) is 76.2 Å². The van der Waals surface area contributed by atoms with E-state index in [0.29, 0.717) is 5.69 Å². The van der Waals surface area contributed by atoms with E-state index in [1.807, 2.05) is 0 Å². The van der Waals surface area contributed by atoms with Crippen molar-refractivity contribution < 1.29 is 23.2 Å². The number of fused-ring (bicyclic) bond motifs is 1. The van der Waals surface area contributed by atoms with Crippen LogP contribution in [0.1, 0.15) is 34.6 Å². The maximum Gasteiger partial charge on any atom is 0.454 e. The van der Waals surface area contributed by atoms with E-state index >= 15 is 0 Å². The first-order valence-electron chi connectivity index (χ1n) is 8.26. The SMILES string of the molecule is CCOP(=O)(OCC)N(c1ccccc1)N1C(=O)c2ccccc2C1=O. The maximum atomic E-state index is 13.5. The Labute approximate surface area is 151 Å². The fraction of sp³-hybridized carbons (Fsp3) is 0.222. The number of para-hydroxylation sites is 1. The third-order valence-corrected chi connectivity index (χ3v) is 5.81. The Balaban J connectivity index is 2.15. The molecule has 0 fully saturated rings. The molecule has 0 spiro atoms. The number of rotatable bonds is 7. The molecular formula is C18H19N2O5P. The monoisotopic (exact) mass is 374 g/mol. The smallest absolute Gasteiger partial charge is 0.291 e. The van der Waals surface area contributed by atoms with Crippen molar-refractivity contribution in [3.05, 3.63) is 65.7 Å². The van der Waals surface area contributed by atoms with Crippen LogP contribution in [0.15, 0.2) is 54.6 Å². The minimum absolute atomic E-state index is 0.0871. The molecule has 0 aromatic heterocycles. The van der Waals surface area contributed by atoms with Crippen LogP contribution in [-0.4, -0.2) is 30.0 Å². The number of benzene rings is 2. The molecule has 7 nitrogen and oxygen atoms in total. The molecule has 8 heteroatoms. The highest BCUT2D eigenvalue weighted by Crippen LogP contribution is 2.55. The molecule has 0 bridgehead atoms. The zero-order chi connectivity index (χ0) is 18.7. The van der Waals surface area contributed by atoms with Crippen LogP contribution >= 0.6 is 7.75 Å². The van der Waals surface area contributed by atoms with Gasteiger partial charge in [-0.05, 0) is 38.1 Å². The second-order valence-corrected chi connectivity index (χ2v) is 7.23. The third-order valence-electron chi connectivity index (χ3n) is 3.77. The number of nitrogens with zero attached hydrogens (tertiary/aromatic N) is 2. The first kappa shape index (κ1) is 18.3. The lowest BCUT2D eigenvalue weighted by Gasteiger charge is -2.35. The molecule has 0 N–H and O–H groups in total. The molecule has 2 aromatic rings. The van der Waals surface area contributed by atoms with Gasteiger partial charge in [0.2, 0.25) is 0 Å². The van der Waals surface area contributed by atoms with Crippen molar-refractivity contribution in [2.45, 2.75) is 13.8 Å². The van der Waals surface area contributed by atoms with Crippen LogP contribution in [0.3, 0.4) is 0 Å². The Kier molecular flexibility index (Phi) is 5.23. The van der Waals surface area contributed by atoms with Gasteiger partial charge in [-0.1, -0.05) is 30.3 Å². The molecular weight excluding hydrogens is 355 g/mol. The first-order valence-corrected chi connectivity index (χ1v) is 9.75. The van der Waals surface area contributed by atoms with Gasteiger partial charge in [0.05, 0.1) is 30.0 Å². The number of imide groups is 1. The second-order valence-electron chi connectivity index (χ2n) is 5.40. The third kappa shape index (κ3) is 3.05. The number of amides is 2. The van der Waals surface area contributed by atoms with E-state index in [4.69, 9.17) is 9.05 Å². The molecule has 3 rings (SSSR count). The van der Waals surface area contributed by atoms with E-state index in [1.54, 1.807) is 68.4 Å². The maximum absolute atomic E-state index is 13.5. The summed E-state index contributed by atoms with van der Waals surface area (Å²) in [5.41, 5.74) is 0.850. The molecule has 0 saturated heterocycles. The van der Waals surface area contributed by atoms with Crippen molar-refractivity contribution in [2.24, 2.45) is 0 Å². The van der Waals surface area contributed by atoms with E-state index in [1.165, 1.54) is 0 Å². The fourth-order valence-corrected chi connectivity index (χ4v) is 4.49. The second kappa shape index (κ2) is 7.41. The van der Waals surface area contributed by atoms with E-state index in [0.717, 1.165) is 9.79 Å². The predicted octanol–water partition coefficient (Wildman–Crippen LogP) is 3.89. The van der Waals surface area contributed by atoms with Gasteiger partial charge in [0.1, 0.15) is 0 Å². The quantitative estimate of drug-likeness (QED) is 0.541. The molecule has 1 heterocycles. The summed E-state index contributed by atoms with van der Waals surface area (Å²) in [4.78, 5) is 25.8. The Hall–Kier alpha value is -2.47. The molecule has 1 aliphatic heterocycles. The van der Waals surface area contributed by atoms with E-state index in [2.05, 4.69) is 0 Å². The minimum Gasteiger partial charge on any atom is -0.291 e. The van der Waals surface area contributed by atoms with Crippen LogP contribution in [-0.2, 0) is 13.6 Å². The van der Waals surface area contributed by atoms with E-state index in [-0.39, 0.29) is 24.3 Å². The summed E-state index contributed by atoms with van der Waals surface area (Å²) in [6.07, 6.45) is 0. The zero-order valence-electron chi connectivity index (χ0n) is 14.5. The van der Waals surface area contributed by atoms with Gasteiger partial charge in [-0.25, -0.2) is 4.57 Å². The normalized spacial score (nSPS) is 13.8. The van der Waals surface area contributed by atoms with E-state index < -0.39 is 19.6 Å². The van der Waals surface area contributed by atoms with Crippen molar-refractivity contribution in [3.8, 4) is 0 Å². The number of carbonyl (C=O) groups excluding carboxylic acids is 2. The van der Waals surface area contributed by atoms with Crippen LogP contribution in [0.5, 0.6) is 0 Å². The Morgan fingerprint density at radius 3 is 1.77 bits per heavy atom. The van der Waals surface area contributed by atoms with Crippen LogP contribution in [0.25, 0.3) is 0 Å². The number of hydrogen-bond donors (Lipinski definition) is 0. The summed E-state index contributed by atoms with van der Waals surface area (Å²) in [6, 6.07) is 14.9. The van der Waals surface area contributed by atoms with Gasteiger partial charge in [-0.2, -0.15) is 9.79 Å². The average molecular weight is 374 g/mol. The average Bonchev–Trinajstić information content (AvgIpc) is 2.89. The summed E-state index contributed by atoms with van der Waals surface area (Å²) in [5.74, 6) is -1.15. The van der Waals surface area contributed by atoms with Crippen molar-refractivity contribution in [2.75, 3.05) is 18.0 Å². The molecule has 0 atom stereocenters. The van der Waals surface area contributed by atoms with Crippen molar-refractivity contribution in [1.29, 1.82) is 0 Å². The van der Waals surface area contributed by atoms with Gasteiger partial charge >= 0.3 is 7.75 Å². The zero-order valence-corrected chi connectivity index (χ0v) is 15.4. The largest absolute Gasteiger partial charge is 0.454 e. The van der Waals surface area contributed by atoms with Crippen molar-refractivity contribution in [3.63, 3.8) is 0 Å². The molecule has 26 heavy (non-hydrogen) atoms. The highest BCUT2D eigenvalue weighted by Gasteiger charge is 2.48. The summed E-state index contributed by atoms with van der Waals surface area (Å²) < 4.78 is 25.3. The molecule has 0 radical (unpaired) electrons. The summed E-state index contributed by atoms with van der Waals surface area (Å²) in [7, 11) is -3.99. The summed E-state index contributed by atoms with van der Waals surface area (Å²) >= 11 is 0. The first-order chi connectivity index (χ1) is 12.5. The van der Waals surface area contributed by atoms with Crippen LogP contribution < -0.4 is 4.78 Å². The van der Waals surface area contributed by atoms with Crippen molar-refractivity contribution in [1.82, 2.24) is 5.01 Å². The number of hydrogen-bond acceptors (Lipinski definition) is 5. The highest BCUT2D eigenvalue weighted by molar-refractivity contribution is 7.55. The van der Waals surface area contributed by atoms with Gasteiger partial charge < -0.3 is 0 Å². The summed E-state index contributed by atoms with van der Waals surface area (Å²) in [5, 5.41) is 0.839. The molecule has 0 aliphatic carbocycles. The van der Waals surface area contributed by atoms with Crippen LogP contribution in [0, 0.1) is 0 Å². The Morgan fingerprint density at radius 2 is 1.31 bits per heavy atom. The lowest BCUT2D eigenvalue weighted by Crippen LogP contribution is -2.45. The van der Waals surface area contributed by atoms with Crippen LogP contribution in [0.4, 0.5) is 5.69 Å². The Morgan fingerprint density at radius 1 is 0.846 bits per heavy atom. The minimum atomic E-state index is -3.99. The number of anilines is 1. The van der Waals surface area contributed by atoms with Crippen LogP contribution in [0.2, 0.25) is 0 Å². The molecule has 2 amide bonds. The van der Waals surface area contributed by atoms with Gasteiger partial charge in [0, 0.05) is 0 Å². The lowest BCUT2D eigenvalue weighted by molar-refractivity contribution is 0.0640. The molecule has 0 unspecified atom stereocenters. The fourth-order valence-electron chi connectivity index (χ4n) is 2.75. The lowest BCUT2D eigenvalue weighted by atomic mass is 10.1. The van der Waals surface area contributed by atoms with Gasteiger partial charge in [-0.3, -0.25) is 18.6 Å². The molecule has 0 saturated carbocycles. The molecule has 2 aromatic carbocycles. The van der Waals surface area contributed by atoms with Crippen molar-refractivity contribution >= 4 is 25.2 Å².